The Kier molecular flexibility index (Phi) is 6.02. The highest BCUT2D eigenvalue weighted by molar-refractivity contribution is 7.99. The van der Waals surface area contributed by atoms with Gasteiger partial charge in [0.15, 0.2) is 0 Å². The maximum Gasteiger partial charge on any atom is 0.327 e. The van der Waals surface area contributed by atoms with Crippen LogP contribution in [0.2, 0.25) is 0 Å². The second-order valence-electron chi connectivity index (χ2n) is 3.41. The lowest BCUT2D eigenvalue weighted by atomic mass is 9.92. The quantitative estimate of drug-likeness (QED) is 0.526. The van der Waals surface area contributed by atoms with Gasteiger partial charge in [-0.05, 0) is 12.8 Å². The van der Waals surface area contributed by atoms with Gasteiger partial charge < -0.3 is 10.4 Å². The van der Waals surface area contributed by atoms with Gasteiger partial charge in [-0.3, -0.25) is 4.79 Å². The number of hydrogen-bond donors (Lipinski definition) is 2. The first kappa shape index (κ1) is 14.9. The average molecular weight is 248 g/mol. The maximum atomic E-state index is 11.1. The van der Waals surface area contributed by atoms with Gasteiger partial charge >= 0.3 is 5.97 Å². The lowest BCUT2D eigenvalue weighted by molar-refractivity contribution is -0.142. The van der Waals surface area contributed by atoms with Crippen molar-refractivity contribution >= 4 is 23.8 Å². The molecule has 0 aromatic rings. The summed E-state index contributed by atoms with van der Waals surface area (Å²) >= 11 is 0.676. The predicted octanol–water partition coefficient (Wildman–Crippen LogP) is 1.55. The Morgan fingerprint density at radius 1 is 1.44 bits per heavy atom. The van der Waals surface area contributed by atoms with Crippen LogP contribution >= 0.6 is 11.9 Å². The SMILES string of the molecule is CCC(CC)(SN=O)C(NC(C)=O)C(=O)O. The third-order valence-electron chi connectivity index (χ3n) is 2.54. The van der Waals surface area contributed by atoms with Crippen LogP contribution in [0.5, 0.6) is 0 Å². The summed E-state index contributed by atoms with van der Waals surface area (Å²) < 4.78 is 1.82. The van der Waals surface area contributed by atoms with E-state index in [1.54, 1.807) is 13.8 Å². The Labute approximate surface area is 98.3 Å². The summed E-state index contributed by atoms with van der Waals surface area (Å²) in [5.41, 5.74) is 0. The number of nitrogens with zero attached hydrogens (tertiary/aromatic N) is 1. The molecule has 0 aliphatic carbocycles. The van der Waals surface area contributed by atoms with Gasteiger partial charge in [0, 0.05) is 23.5 Å². The largest absolute Gasteiger partial charge is 0.480 e. The van der Waals surface area contributed by atoms with Crippen LogP contribution in [0.1, 0.15) is 33.6 Å². The minimum absolute atomic E-state index is 0.428. The van der Waals surface area contributed by atoms with Crippen LogP contribution in [0.3, 0.4) is 0 Å². The minimum Gasteiger partial charge on any atom is -0.480 e. The average Bonchev–Trinajstić information content (AvgIpc) is 2.22. The summed E-state index contributed by atoms with van der Waals surface area (Å²) in [6.45, 7) is 4.77. The fourth-order valence-electron chi connectivity index (χ4n) is 1.54. The number of hydrogen-bond acceptors (Lipinski definition) is 5. The first-order valence-corrected chi connectivity index (χ1v) is 5.71. The van der Waals surface area contributed by atoms with Crippen LogP contribution in [-0.2, 0) is 9.59 Å². The van der Waals surface area contributed by atoms with Crippen molar-refractivity contribution in [1.29, 1.82) is 0 Å². The summed E-state index contributed by atoms with van der Waals surface area (Å²) in [4.78, 5) is 32.4. The van der Waals surface area contributed by atoms with E-state index in [1.165, 1.54) is 6.92 Å². The third-order valence-corrected chi connectivity index (χ3v) is 3.79. The summed E-state index contributed by atoms with van der Waals surface area (Å²) in [7, 11) is 0. The molecule has 0 rings (SSSR count). The minimum atomic E-state index is -1.16. The Hall–Kier alpha value is -1.11. The summed E-state index contributed by atoms with van der Waals surface area (Å²) in [5, 5.41) is 11.4. The molecular weight excluding hydrogens is 232 g/mol. The fraction of sp³-hybridized carbons (Fsp3) is 0.778. The molecule has 0 aliphatic rings. The molecule has 2 N–H and O–H groups in total. The highest BCUT2D eigenvalue weighted by Crippen LogP contribution is 2.36. The summed E-state index contributed by atoms with van der Waals surface area (Å²) in [6, 6.07) is -1.11. The number of carboxylic acid groups (broad SMARTS) is 1. The number of carbonyl (C=O) groups excluding carboxylic acids is 1. The summed E-state index contributed by atoms with van der Waals surface area (Å²) in [5.74, 6) is -1.60. The van der Waals surface area contributed by atoms with E-state index in [-0.39, 0.29) is 0 Å². The van der Waals surface area contributed by atoms with Gasteiger partial charge in [0.25, 0.3) is 0 Å². The number of nitroso groups, excluding NO2 is 1. The molecule has 16 heavy (non-hydrogen) atoms. The Balaban J connectivity index is 5.14. The molecule has 6 nitrogen and oxygen atoms in total. The highest BCUT2D eigenvalue weighted by atomic mass is 32.2. The van der Waals surface area contributed by atoms with Crippen molar-refractivity contribution in [3.63, 3.8) is 0 Å². The molecular formula is C9H16N2O4S. The molecule has 0 aromatic carbocycles. The van der Waals surface area contributed by atoms with Gasteiger partial charge in [-0.1, -0.05) is 13.8 Å². The van der Waals surface area contributed by atoms with Crippen LogP contribution in [0.15, 0.2) is 4.58 Å². The number of amides is 1. The van der Waals surface area contributed by atoms with Crippen molar-refractivity contribution in [3.05, 3.63) is 4.91 Å². The molecule has 1 amide bonds. The van der Waals surface area contributed by atoms with Crippen LogP contribution in [0, 0.1) is 4.91 Å². The number of rotatable bonds is 7. The zero-order valence-corrected chi connectivity index (χ0v) is 10.3. The van der Waals surface area contributed by atoms with E-state index in [2.05, 4.69) is 9.90 Å². The lowest BCUT2D eigenvalue weighted by Gasteiger charge is -2.33. The highest BCUT2D eigenvalue weighted by Gasteiger charge is 2.43. The van der Waals surface area contributed by atoms with Crippen LogP contribution < -0.4 is 5.32 Å². The molecule has 1 atom stereocenters. The third kappa shape index (κ3) is 3.48. The maximum absolute atomic E-state index is 11.1. The first-order valence-electron chi connectivity index (χ1n) is 4.94. The molecule has 0 spiro atoms. The molecule has 1 unspecified atom stereocenters. The molecule has 0 heterocycles. The zero-order valence-electron chi connectivity index (χ0n) is 9.52. The molecule has 0 saturated carbocycles. The first-order chi connectivity index (χ1) is 7.43. The van der Waals surface area contributed by atoms with E-state index in [0.717, 1.165) is 0 Å². The second kappa shape index (κ2) is 6.47. The Morgan fingerprint density at radius 2 is 1.94 bits per heavy atom. The van der Waals surface area contributed by atoms with Crippen molar-refractivity contribution in [2.24, 2.45) is 4.58 Å². The fourth-order valence-corrected chi connectivity index (χ4v) is 2.21. The van der Waals surface area contributed by atoms with Crippen molar-refractivity contribution < 1.29 is 14.7 Å². The topological polar surface area (TPSA) is 95.8 Å². The van der Waals surface area contributed by atoms with Gasteiger partial charge in [0.2, 0.25) is 5.91 Å². The number of nitrogens with one attached hydrogen (secondary N) is 1. The van der Waals surface area contributed by atoms with Gasteiger partial charge in [-0.25, -0.2) is 4.79 Å². The normalized spacial score (nSPS) is 12.9. The molecule has 92 valence electrons. The molecule has 0 aromatic heterocycles. The van der Waals surface area contributed by atoms with Crippen molar-refractivity contribution in [3.8, 4) is 0 Å². The number of carboxylic acids is 1. The zero-order chi connectivity index (χ0) is 12.8. The van der Waals surface area contributed by atoms with Crippen LogP contribution in [0.25, 0.3) is 0 Å². The summed E-state index contributed by atoms with van der Waals surface area (Å²) in [6.07, 6.45) is 0.855. The van der Waals surface area contributed by atoms with E-state index in [0.29, 0.717) is 24.8 Å². The Morgan fingerprint density at radius 3 is 2.19 bits per heavy atom. The molecule has 0 fully saturated rings. The van der Waals surface area contributed by atoms with Gasteiger partial charge in [-0.2, -0.15) is 0 Å². The van der Waals surface area contributed by atoms with Gasteiger partial charge in [-0.15, -0.1) is 4.91 Å². The van der Waals surface area contributed by atoms with E-state index in [9.17, 15) is 14.5 Å². The lowest BCUT2D eigenvalue weighted by Crippen LogP contribution is -2.54. The van der Waals surface area contributed by atoms with Crippen LogP contribution in [0.4, 0.5) is 0 Å². The smallest absolute Gasteiger partial charge is 0.327 e. The van der Waals surface area contributed by atoms with Crippen LogP contribution in [-0.4, -0.2) is 27.8 Å². The van der Waals surface area contributed by atoms with E-state index >= 15 is 0 Å². The van der Waals surface area contributed by atoms with E-state index < -0.39 is 22.7 Å². The molecule has 0 radical (unpaired) electrons. The Bertz CT molecular complexity index is 279. The monoisotopic (exact) mass is 248 g/mol. The van der Waals surface area contributed by atoms with E-state index in [4.69, 9.17) is 5.11 Å². The molecule has 7 heteroatoms. The standard InChI is InChI=1S/C9H16N2O4S/c1-4-9(5-2,16-11-15)7(8(13)14)10-6(3)12/h7H,4-5H2,1-3H3,(H,10,12)(H,13,14). The van der Waals surface area contributed by atoms with Gasteiger partial charge in [0.05, 0.1) is 4.75 Å². The molecule has 0 bridgehead atoms. The van der Waals surface area contributed by atoms with E-state index in [1.807, 2.05) is 0 Å². The van der Waals surface area contributed by atoms with Crippen molar-refractivity contribution in [1.82, 2.24) is 5.32 Å². The number of aliphatic carboxylic acids is 1. The van der Waals surface area contributed by atoms with Gasteiger partial charge in [0.1, 0.15) is 6.04 Å². The molecule has 0 aliphatic heterocycles. The predicted molar refractivity (Wildman–Crippen MR) is 61.9 cm³/mol. The van der Waals surface area contributed by atoms with Crippen molar-refractivity contribution in [2.75, 3.05) is 0 Å². The van der Waals surface area contributed by atoms with Crippen molar-refractivity contribution in [2.45, 2.75) is 44.4 Å². The molecule has 0 saturated heterocycles. The number of carbonyl (C=O) groups is 2. The second-order valence-corrected chi connectivity index (χ2v) is 4.55.